The molecule has 0 saturated carbocycles. The van der Waals surface area contributed by atoms with Crippen molar-refractivity contribution in [3.63, 3.8) is 0 Å². The van der Waals surface area contributed by atoms with Gasteiger partial charge < -0.3 is 51.2 Å². The maximum atomic E-state index is 13.0. The fourth-order valence-corrected chi connectivity index (χ4v) is 7.49. The van der Waals surface area contributed by atoms with Gasteiger partial charge in [0.25, 0.3) is 0 Å². The van der Waals surface area contributed by atoms with Crippen molar-refractivity contribution in [1.29, 1.82) is 0 Å². The molecule has 62 heavy (non-hydrogen) atoms. The molecule has 6 unspecified atom stereocenters. The first-order valence-corrected chi connectivity index (χ1v) is 21.7. The molecule has 2 aliphatic heterocycles. The SMILES string of the molecule is CC1CC(NCCCN(C)C)NC(NC(=O)Nc2cccc(Oc3cccc(CN(C)CCCNC4CC(C)NC(NC(=O)Nc5ccc(Oc6ccccc6)cc5)N4)c3)c2)N1. The Morgan fingerprint density at radius 1 is 0.597 bits per heavy atom. The first-order chi connectivity index (χ1) is 30.0. The number of para-hydroxylation sites is 1. The first kappa shape index (κ1) is 46.2. The van der Waals surface area contributed by atoms with E-state index in [9.17, 15) is 9.59 Å². The highest BCUT2D eigenvalue weighted by molar-refractivity contribution is 5.90. The average Bonchev–Trinajstić information content (AvgIpc) is 3.22. The molecule has 2 saturated heterocycles. The van der Waals surface area contributed by atoms with Crippen LogP contribution in [0.2, 0.25) is 0 Å². The number of carbonyl (C=O) groups excluding carboxylic acids is 2. The molecule has 6 atom stereocenters. The molecule has 6 rings (SSSR count). The molecule has 0 aliphatic carbocycles. The molecular formula is C46H66N12O4. The minimum atomic E-state index is -0.392. The number of benzene rings is 4. The molecule has 4 amide bonds. The van der Waals surface area contributed by atoms with Gasteiger partial charge in [0, 0.05) is 36.1 Å². The van der Waals surface area contributed by atoms with Gasteiger partial charge in [-0.3, -0.25) is 21.3 Å². The van der Waals surface area contributed by atoms with Crippen LogP contribution in [-0.2, 0) is 6.54 Å². The third kappa shape index (κ3) is 16.2. The summed E-state index contributed by atoms with van der Waals surface area (Å²) >= 11 is 0. The van der Waals surface area contributed by atoms with E-state index < -0.39 is 6.29 Å². The normalized spacial score (nSPS) is 21.3. The third-order valence-corrected chi connectivity index (χ3v) is 10.4. The third-order valence-electron chi connectivity index (χ3n) is 10.4. The minimum absolute atomic E-state index is 0.0428. The van der Waals surface area contributed by atoms with Gasteiger partial charge in [-0.05, 0) is 153 Å². The zero-order valence-electron chi connectivity index (χ0n) is 36.7. The van der Waals surface area contributed by atoms with Crippen molar-refractivity contribution in [3.05, 3.63) is 109 Å². The number of nitrogens with zero attached hydrogens (tertiary/aromatic N) is 2. The van der Waals surface area contributed by atoms with Crippen LogP contribution in [-0.4, -0.2) is 106 Å². The lowest BCUT2D eigenvalue weighted by Crippen LogP contribution is -2.67. The van der Waals surface area contributed by atoms with Crippen LogP contribution in [0.3, 0.4) is 0 Å². The summed E-state index contributed by atoms with van der Waals surface area (Å²) in [6.45, 7) is 8.63. The van der Waals surface area contributed by atoms with Gasteiger partial charge in [-0.2, -0.15) is 0 Å². The number of hydrogen-bond acceptors (Lipinski definition) is 12. The van der Waals surface area contributed by atoms with Gasteiger partial charge in [0.15, 0.2) is 0 Å². The Morgan fingerprint density at radius 2 is 1.13 bits per heavy atom. The second-order valence-electron chi connectivity index (χ2n) is 16.5. The van der Waals surface area contributed by atoms with Crippen molar-refractivity contribution in [2.75, 3.05) is 58.0 Å². The molecule has 16 nitrogen and oxygen atoms in total. The molecule has 0 spiro atoms. The summed E-state index contributed by atoms with van der Waals surface area (Å²) in [4.78, 5) is 30.3. The lowest BCUT2D eigenvalue weighted by atomic mass is 10.1. The van der Waals surface area contributed by atoms with E-state index in [4.69, 9.17) is 9.47 Å². The van der Waals surface area contributed by atoms with Crippen molar-refractivity contribution < 1.29 is 19.1 Å². The predicted octanol–water partition coefficient (Wildman–Crippen LogP) is 5.33. The number of anilines is 2. The van der Waals surface area contributed by atoms with Crippen LogP contribution in [0.15, 0.2) is 103 Å². The highest BCUT2D eigenvalue weighted by Crippen LogP contribution is 2.26. The van der Waals surface area contributed by atoms with Crippen LogP contribution < -0.4 is 62.6 Å². The fraction of sp³-hybridized carbons (Fsp3) is 0.435. The number of urea groups is 2. The van der Waals surface area contributed by atoms with Crippen LogP contribution in [0.25, 0.3) is 0 Å². The second-order valence-corrected chi connectivity index (χ2v) is 16.5. The maximum Gasteiger partial charge on any atom is 0.321 e. The van der Waals surface area contributed by atoms with Crippen molar-refractivity contribution in [2.24, 2.45) is 0 Å². The number of hydrogen-bond donors (Lipinski definition) is 10. The Kier molecular flexibility index (Phi) is 17.7. The highest BCUT2D eigenvalue weighted by Gasteiger charge is 2.27. The molecule has 2 heterocycles. The number of carbonyl (C=O) groups is 2. The van der Waals surface area contributed by atoms with E-state index in [0.29, 0.717) is 22.9 Å². The summed E-state index contributed by atoms with van der Waals surface area (Å²) in [5, 5.41) is 32.7. The lowest BCUT2D eigenvalue weighted by molar-refractivity contribution is 0.191. The second kappa shape index (κ2) is 23.8. The molecular weight excluding hydrogens is 785 g/mol. The lowest BCUT2D eigenvalue weighted by Gasteiger charge is -2.37. The van der Waals surface area contributed by atoms with Crippen LogP contribution in [0.5, 0.6) is 23.0 Å². The van der Waals surface area contributed by atoms with Gasteiger partial charge in [0.1, 0.15) is 35.6 Å². The predicted molar refractivity (Wildman–Crippen MR) is 246 cm³/mol. The molecule has 0 bridgehead atoms. The summed E-state index contributed by atoms with van der Waals surface area (Å²) in [5.41, 5.74) is 2.43. The molecule has 334 valence electrons. The molecule has 0 aromatic heterocycles. The molecule has 16 heteroatoms. The highest BCUT2D eigenvalue weighted by atomic mass is 16.5. The summed E-state index contributed by atoms with van der Waals surface area (Å²) in [5.74, 6) is 2.80. The van der Waals surface area contributed by atoms with Crippen molar-refractivity contribution in [2.45, 2.75) is 83.1 Å². The Balaban J connectivity index is 0.874. The summed E-state index contributed by atoms with van der Waals surface area (Å²) < 4.78 is 12.1. The maximum absolute atomic E-state index is 13.0. The molecule has 4 aromatic carbocycles. The molecule has 2 aliphatic rings. The standard InChI is InChI=1S/C46H66N12O4/c1-32-27-41(47-23-11-25-57(3)4)53-44(50-32)56-46(60)52-36-14-10-18-40(30-36)62-39-17-9-13-34(29-39)31-58(5)26-12-24-48-42-28-33(2)49-43(54-42)55-45(59)51-35-19-21-38(22-20-35)61-37-15-7-6-8-16-37/h6-10,13-22,29-30,32-33,41-44,47-50,53-54H,11-12,23-28,31H2,1-5H3,(H2,51,55,59)(H2,52,56,60). The van der Waals surface area contributed by atoms with Gasteiger partial charge in [0.2, 0.25) is 0 Å². The number of nitrogens with one attached hydrogen (secondary N) is 10. The average molecular weight is 851 g/mol. The molecule has 10 N–H and O–H groups in total. The summed E-state index contributed by atoms with van der Waals surface area (Å²) in [6.07, 6.45) is 3.18. The van der Waals surface area contributed by atoms with Crippen LogP contribution in [0.1, 0.15) is 45.1 Å². The summed E-state index contributed by atoms with van der Waals surface area (Å²) in [7, 11) is 6.27. The van der Waals surface area contributed by atoms with E-state index in [1.165, 1.54) is 0 Å². The largest absolute Gasteiger partial charge is 0.457 e. The van der Waals surface area contributed by atoms with Crippen LogP contribution in [0.4, 0.5) is 21.0 Å². The van der Waals surface area contributed by atoms with E-state index in [0.717, 1.165) is 75.5 Å². The van der Waals surface area contributed by atoms with E-state index in [1.807, 2.05) is 97.1 Å². The Morgan fingerprint density at radius 3 is 1.76 bits per heavy atom. The minimum Gasteiger partial charge on any atom is -0.457 e. The Bertz CT molecular complexity index is 1970. The monoisotopic (exact) mass is 851 g/mol. The van der Waals surface area contributed by atoms with Crippen molar-refractivity contribution in [3.8, 4) is 23.0 Å². The zero-order chi connectivity index (χ0) is 43.7. The summed E-state index contributed by atoms with van der Waals surface area (Å²) in [6, 6.07) is 32.1. The van der Waals surface area contributed by atoms with Crippen molar-refractivity contribution in [1.82, 2.24) is 52.3 Å². The van der Waals surface area contributed by atoms with Crippen molar-refractivity contribution >= 4 is 23.4 Å². The number of rotatable bonds is 20. The van der Waals surface area contributed by atoms with Crippen LogP contribution >= 0.6 is 0 Å². The number of amides is 4. The Labute approximate surface area is 366 Å². The zero-order valence-corrected chi connectivity index (χ0v) is 36.7. The Hall–Kier alpha value is -5.30. The van der Waals surface area contributed by atoms with Gasteiger partial charge >= 0.3 is 12.1 Å². The van der Waals surface area contributed by atoms with Gasteiger partial charge in [0.05, 0.1) is 12.3 Å². The van der Waals surface area contributed by atoms with E-state index in [-0.39, 0.29) is 42.8 Å². The van der Waals surface area contributed by atoms with E-state index in [1.54, 1.807) is 0 Å². The number of ether oxygens (including phenoxy) is 2. The molecule has 2 fully saturated rings. The van der Waals surface area contributed by atoms with E-state index >= 15 is 0 Å². The topological polar surface area (TPSA) is 179 Å². The molecule has 0 radical (unpaired) electrons. The smallest absolute Gasteiger partial charge is 0.321 e. The van der Waals surface area contributed by atoms with Gasteiger partial charge in [-0.1, -0.05) is 36.4 Å². The van der Waals surface area contributed by atoms with E-state index in [2.05, 4.69) is 104 Å². The quantitative estimate of drug-likeness (QED) is 0.0518. The van der Waals surface area contributed by atoms with Gasteiger partial charge in [-0.15, -0.1) is 0 Å². The molecule has 4 aromatic rings. The fourth-order valence-electron chi connectivity index (χ4n) is 7.49. The van der Waals surface area contributed by atoms with Gasteiger partial charge in [-0.25, -0.2) is 9.59 Å². The van der Waals surface area contributed by atoms with Crippen LogP contribution in [0, 0.1) is 0 Å². The first-order valence-electron chi connectivity index (χ1n) is 21.7.